The van der Waals surface area contributed by atoms with Gasteiger partial charge in [0.1, 0.15) is 5.82 Å². The van der Waals surface area contributed by atoms with E-state index < -0.39 is 5.82 Å². The Balaban J connectivity index is 2.48. The number of halogens is 1. The van der Waals surface area contributed by atoms with Gasteiger partial charge in [-0.05, 0) is 18.1 Å². The van der Waals surface area contributed by atoms with Crippen LogP contribution in [0.2, 0.25) is 0 Å². The first kappa shape index (κ1) is 13.9. The van der Waals surface area contributed by atoms with Crippen LogP contribution in [0.4, 0.5) is 4.39 Å². The van der Waals surface area contributed by atoms with Crippen molar-refractivity contribution in [2.75, 3.05) is 5.75 Å². The maximum absolute atomic E-state index is 13.3. The number of hydrogen-bond acceptors (Lipinski definition) is 3. The minimum absolute atomic E-state index is 0.108. The predicted molar refractivity (Wildman–Crippen MR) is 69.1 cm³/mol. The van der Waals surface area contributed by atoms with Gasteiger partial charge in [0.2, 0.25) is 0 Å². The van der Waals surface area contributed by atoms with E-state index >= 15 is 0 Å². The van der Waals surface area contributed by atoms with Crippen molar-refractivity contribution in [1.82, 2.24) is 0 Å². The van der Waals surface area contributed by atoms with Gasteiger partial charge in [-0.1, -0.05) is 36.0 Å². The Morgan fingerprint density at radius 2 is 2.29 bits per heavy atom. The molecule has 0 fully saturated rings. The van der Waals surface area contributed by atoms with Crippen molar-refractivity contribution in [3.8, 4) is 0 Å². The zero-order chi connectivity index (χ0) is 12.7. The van der Waals surface area contributed by atoms with E-state index in [0.29, 0.717) is 5.56 Å². The van der Waals surface area contributed by atoms with Crippen LogP contribution < -0.4 is 0 Å². The fraction of sp³-hybridized carbons (Fsp3) is 0.308. The van der Waals surface area contributed by atoms with Crippen LogP contribution in [0.3, 0.4) is 0 Å². The van der Waals surface area contributed by atoms with Gasteiger partial charge in [0.15, 0.2) is 5.12 Å². The highest BCUT2D eigenvalue weighted by atomic mass is 32.2. The first-order valence-electron chi connectivity index (χ1n) is 5.32. The van der Waals surface area contributed by atoms with Crippen LogP contribution in [0.25, 0.3) is 6.08 Å². The molecule has 1 N–H and O–H groups in total. The number of aliphatic hydroxyl groups excluding tert-OH is 1. The molecule has 0 saturated carbocycles. The largest absolute Gasteiger partial charge is 0.392 e. The summed E-state index contributed by atoms with van der Waals surface area (Å²) in [5.74, 6) is 0.344. The van der Waals surface area contributed by atoms with Crippen LogP contribution >= 0.6 is 11.8 Å². The van der Waals surface area contributed by atoms with E-state index in [4.69, 9.17) is 5.11 Å². The molecule has 1 rings (SSSR count). The topological polar surface area (TPSA) is 37.3 Å². The van der Waals surface area contributed by atoms with Gasteiger partial charge < -0.3 is 5.11 Å². The SMILES string of the molecule is CC(=O)SCCC=Cc1ccc(CO)c(F)c1. The molecular weight excluding hydrogens is 239 g/mol. The van der Waals surface area contributed by atoms with Crippen molar-refractivity contribution in [2.24, 2.45) is 0 Å². The Kier molecular flexibility index (Phi) is 5.94. The summed E-state index contributed by atoms with van der Waals surface area (Å²) in [4.78, 5) is 10.7. The summed E-state index contributed by atoms with van der Waals surface area (Å²) in [5.41, 5.74) is 1.06. The Bertz CT molecular complexity index is 416. The van der Waals surface area contributed by atoms with Crippen molar-refractivity contribution < 1.29 is 14.3 Å². The molecule has 0 radical (unpaired) electrons. The van der Waals surface area contributed by atoms with E-state index in [0.717, 1.165) is 17.7 Å². The third-order valence-electron chi connectivity index (χ3n) is 2.15. The molecule has 2 nitrogen and oxygen atoms in total. The summed E-state index contributed by atoms with van der Waals surface area (Å²) < 4.78 is 13.3. The zero-order valence-electron chi connectivity index (χ0n) is 9.65. The highest BCUT2D eigenvalue weighted by molar-refractivity contribution is 8.13. The van der Waals surface area contributed by atoms with Gasteiger partial charge in [0, 0.05) is 18.2 Å². The number of carbonyl (C=O) groups is 1. The van der Waals surface area contributed by atoms with Crippen LogP contribution in [-0.2, 0) is 11.4 Å². The van der Waals surface area contributed by atoms with E-state index in [9.17, 15) is 9.18 Å². The van der Waals surface area contributed by atoms with E-state index in [-0.39, 0.29) is 11.7 Å². The molecule has 0 saturated heterocycles. The van der Waals surface area contributed by atoms with E-state index in [1.54, 1.807) is 12.1 Å². The average Bonchev–Trinajstić information content (AvgIpc) is 2.28. The van der Waals surface area contributed by atoms with Gasteiger partial charge in [-0.2, -0.15) is 0 Å². The number of thioether (sulfide) groups is 1. The van der Waals surface area contributed by atoms with E-state index in [1.807, 2.05) is 12.2 Å². The van der Waals surface area contributed by atoms with Gasteiger partial charge in [-0.3, -0.25) is 4.79 Å². The molecule has 1 aromatic rings. The smallest absolute Gasteiger partial charge is 0.185 e. The van der Waals surface area contributed by atoms with Crippen molar-refractivity contribution in [3.63, 3.8) is 0 Å². The molecule has 4 heteroatoms. The minimum Gasteiger partial charge on any atom is -0.392 e. The van der Waals surface area contributed by atoms with Gasteiger partial charge >= 0.3 is 0 Å². The molecule has 0 aliphatic heterocycles. The van der Waals surface area contributed by atoms with Crippen molar-refractivity contribution in [1.29, 1.82) is 0 Å². The van der Waals surface area contributed by atoms with Crippen LogP contribution in [0.5, 0.6) is 0 Å². The van der Waals surface area contributed by atoms with Crippen LogP contribution in [0, 0.1) is 5.82 Å². The number of benzene rings is 1. The lowest BCUT2D eigenvalue weighted by molar-refractivity contribution is -0.109. The van der Waals surface area contributed by atoms with E-state index in [2.05, 4.69) is 0 Å². The van der Waals surface area contributed by atoms with E-state index in [1.165, 1.54) is 24.8 Å². The van der Waals surface area contributed by atoms with Crippen molar-refractivity contribution in [2.45, 2.75) is 20.0 Å². The standard InChI is InChI=1S/C13H15FO2S/c1-10(16)17-7-3-2-4-11-5-6-12(9-15)13(14)8-11/h2,4-6,8,15H,3,7,9H2,1H3. The molecule has 92 valence electrons. The zero-order valence-corrected chi connectivity index (χ0v) is 10.5. The number of allylic oxidation sites excluding steroid dienone is 1. The lowest BCUT2D eigenvalue weighted by atomic mass is 10.1. The molecule has 0 spiro atoms. The second kappa shape index (κ2) is 7.25. The molecular formula is C13H15FO2S. The van der Waals surface area contributed by atoms with Crippen molar-refractivity contribution >= 4 is 23.0 Å². The maximum atomic E-state index is 13.3. The molecule has 0 aromatic heterocycles. The Labute approximate surface area is 105 Å². The molecule has 0 aliphatic rings. The average molecular weight is 254 g/mol. The third kappa shape index (κ3) is 5.15. The monoisotopic (exact) mass is 254 g/mol. The van der Waals surface area contributed by atoms with Gasteiger partial charge in [0.05, 0.1) is 6.61 Å². The quantitative estimate of drug-likeness (QED) is 0.821. The fourth-order valence-corrected chi connectivity index (χ4v) is 1.83. The second-order valence-corrected chi connectivity index (χ2v) is 4.81. The number of carbonyl (C=O) groups excluding carboxylic acids is 1. The summed E-state index contributed by atoms with van der Waals surface area (Å²) in [6.45, 7) is 1.25. The summed E-state index contributed by atoms with van der Waals surface area (Å²) in [6.07, 6.45) is 4.49. The number of rotatable bonds is 5. The Morgan fingerprint density at radius 1 is 1.53 bits per heavy atom. The van der Waals surface area contributed by atoms with Crippen molar-refractivity contribution in [3.05, 3.63) is 41.2 Å². The Morgan fingerprint density at radius 3 is 2.88 bits per heavy atom. The minimum atomic E-state index is -0.396. The summed E-state index contributed by atoms with van der Waals surface area (Å²) in [6, 6.07) is 4.71. The molecule has 0 aliphatic carbocycles. The third-order valence-corrected chi connectivity index (χ3v) is 2.99. The molecule has 0 heterocycles. The molecule has 0 amide bonds. The van der Waals surface area contributed by atoms with Crippen LogP contribution in [0.15, 0.2) is 24.3 Å². The van der Waals surface area contributed by atoms with Gasteiger partial charge in [-0.15, -0.1) is 0 Å². The molecule has 0 unspecified atom stereocenters. The lowest BCUT2D eigenvalue weighted by Gasteiger charge is -2.00. The first-order chi connectivity index (χ1) is 8.13. The maximum Gasteiger partial charge on any atom is 0.185 e. The lowest BCUT2D eigenvalue weighted by Crippen LogP contribution is -1.89. The molecule has 0 atom stereocenters. The first-order valence-corrected chi connectivity index (χ1v) is 6.31. The van der Waals surface area contributed by atoms with Crippen LogP contribution in [0.1, 0.15) is 24.5 Å². The normalized spacial score (nSPS) is 11.0. The number of hydrogen-bond donors (Lipinski definition) is 1. The Hall–Kier alpha value is -1.13. The predicted octanol–water partition coefficient (Wildman–Crippen LogP) is 3.00. The summed E-state index contributed by atoms with van der Waals surface area (Å²) in [7, 11) is 0. The number of aliphatic hydroxyl groups is 1. The fourth-order valence-electron chi connectivity index (χ4n) is 1.29. The van der Waals surface area contributed by atoms with Crippen LogP contribution in [-0.4, -0.2) is 16.0 Å². The second-order valence-electron chi connectivity index (χ2n) is 3.54. The van der Waals surface area contributed by atoms with Gasteiger partial charge in [-0.25, -0.2) is 4.39 Å². The summed E-state index contributed by atoms with van der Waals surface area (Å²) in [5, 5.41) is 8.92. The molecule has 1 aromatic carbocycles. The highest BCUT2D eigenvalue weighted by Crippen LogP contribution is 2.12. The molecule has 17 heavy (non-hydrogen) atoms. The summed E-state index contributed by atoms with van der Waals surface area (Å²) >= 11 is 1.28. The van der Waals surface area contributed by atoms with Gasteiger partial charge in [0.25, 0.3) is 0 Å². The highest BCUT2D eigenvalue weighted by Gasteiger charge is 2.00. The molecule has 0 bridgehead atoms.